The van der Waals surface area contributed by atoms with E-state index in [9.17, 15) is 4.39 Å². The number of nitrogens with zero attached hydrogens (tertiary/aromatic N) is 4. The minimum Gasteiger partial charge on any atom is -0.493 e. The molecule has 0 aliphatic heterocycles. The maximum absolute atomic E-state index is 13.1. The molecule has 1 N–H and O–H groups in total. The average molecular weight is 500 g/mol. The van der Waals surface area contributed by atoms with E-state index in [1.807, 2.05) is 36.4 Å². The summed E-state index contributed by atoms with van der Waals surface area (Å²) in [7, 11) is 1.58. The van der Waals surface area contributed by atoms with Gasteiger partial charge in [-0.2, -0.15) is 4.68 Å². The van der Waals surface area contributed by atoms with Gasteiger partial charge in [0.25, 0.3) is 0 Å². The van der Waals surface area contributed by atoms with E-state index in [1.54, 1.807) is 41.8 Å². The van der Waals surface area contributed by atoms with E-state index in [4.69, 9.17) is 21.1 Å². The Labute approximate surface area is 206 Å². The summed E-state index contributed by atoms with van der Waals surface area (Å²) in [5.74, 6) is 1.61. The summed E-state index contributed by atoms with van der Waals surface area (Å²) in [5, 5.41) is 16.6. The summed E-state index contributed by atoms with van der Waals surface area (Å²) in [4.78, 5) is 0. The molecule has 0 saturated heterocycles. The number of nitrogens with one attached hydrogen (secondary N) is 1. The highest BCUT2D eigenvalue weighted by molar-refractivity contribution is 7.99. The Morgan fingerprint density at radius 2 is 1.85 bits per heavy atom. The van der Waals surface area contributed by atoms with Gasteiger partial charge in [0.1, 0.15) is 12.4 Å². The van der Waals surface area contributed by atoms with Crippen molar-refractivity contribution in [3.63, 3.8) is 0 Å². The molecule has 1 aromatic heterocycles. The fourth-order valence-electron chi connectivity index (χ4n) is 3.16. The van der Waals surface area contributed by atoms with Crippen molar-refractivity contribution in [3.05, 3.63) is 88.7 Å². The molecular formula is C24H23ClFN5O2S. The van der Waals surface area contributed by atoms with Gasteiger partial charge in [-0.05, 0) is 51.9 Å². The third-order valence-electron chi connectivity index (χ3n) is 4.91. The zero-order chi connectivity index (χ0) is 23.8. The molecule has 34 heavy (non-hydrogen) atoms. The van der Waals surface area contributed by atoms with Gasteiger partial charge < -0.3 is 14.8 Å². The number of hydrogen-bond acceptors (Lipinski definition) is 7. The lowest BCUT2D eigenvalue weighted by Gasteiger charge is -2.14. The van der Waals surface area contributed by atoms with Crippen LogP contribution >= 0.6 is 23.4 Å². The minimum atomic E-state index is -0.283. The van der Waals surface area contributed by atoms with Crippen molar-refractivity contribution in [2.24, 2.45) is 0 Å². The Bertz CT molecular complexity index is 1210. The van der Waals surface area contributed by atoms with E-state index < -0.39 is 0 Å². The van der Waals surface area contributed by atoms with Gasteiger partial charge in [0.15, 0.2) is 11.5 Å². The average Bonchev–Trinajstić information content (AvgIpc) is 3.33. The second-order valence-electron chi connectivity index (χ2n) is 7.24. The summed E-state index contributed by atoms with van der Waals surface area (Å²) >= 11 is 8.05. The van der Waals surface area contributed by atoms with Crippen LogP contribution in [0.4, 0.5) is 4.39 Å². The van der Waals surface area contributed by atoms with Gasteiger partial charge >= 0.3 is 0 Å². The van der Waals surface area contributed by atoms with Gasteiger partial charge in [-0.1, -0.05) is 53.7 Å². The molecule has 4 rings (SSSR count). The molecule has 0 amide bonds. The van der Waals surface area contributed by atoms with E-state index >= 15 is 0 Å². The van der Waals surface area contributed by atoms with Crippen LogP contribution in [0.25, 0.3) is 5.69 Å². The molecule has 0 spiro atoms. The fraction of sp³-hybridized carbons (Fsp3) is 0.208. The van der Waals surface area contributed by atoms with Crippen molar-refractivity contribution in [2.45, 2.75) is 18.3 Å². The molecule has 0 atom stereocenters. The van der Waals surface area contributed by atoms with Gasteiger partial charge in [0, 0.05) is 29.9 Å². The summed E-state index contributed by atoms with van der Waals surface area (Å²) < 4.78 is 26.1. The Morgan fingerprint density at radius 1 is 1.06 bits per heavy atom. The molecule has 3 aromatic carbocycles. The van der Waals surface area contributed by atoms with Gasteiger partial charge in [0.05, 0.1) is 12.8 Å². The van der Waals surface area contributed by atoms with Crippen LogP contribution in [-0.2, 0) is 13.2 Å². The number of tetrazole rings is 1. The maximum atomic E-state index is 13.1. The second-order valence-corrected chi connectivity index (χ2v) is 8.71. The molecule has 4 aromatic rings. The highest BCUT2D eigenvalue weighted by Crippen LogP contribution is 2.34. The van der Waals surface area contributed by atoms with Gasteiger partial charge in [0.2, 0.25) is 5.16 Å². The summed E-state index contributed by atoms with van der Waals surface area (Å²) in [6.45, 7) is 1.58. The molecule has 0 aliphatic rings. The molecule has 0 bridgehead atoms. The summed E-state index contributed by atoms with van der Waals surface area (Å²) in [6, 6.07) is 19.5. The first-order valence-electron chi connectivity index (χ1n) is 10.5. The monoisotopic (exact) mass is 499 g/mol. The lowest BCUT2D eigenvalue weighted by molar-refractivity contribution is 0.284. The first-order chi connectivity index (χ1) is 16.6. The van der Waals surface area contributed by atoms with Crippen LogP contribution in [-0.4, -0.2) is 39.6 Å². The molecular weight excluding hydrogens is 477 g/mol. The zero-order valence-corrected chi connectivity index (χ0v) is 20.0. The molecule has 7 nitrogen and oxygen atoms in total. The molecule has 176 valence electrons. The zero-order valence-electron chi connectivity index (χ0n) is 18.4. The third kappa shape index (κ3) is 6.25. The Kier molecular flexibility index (Phi) is 8.35. The van der Waals surface area contributed by atoms with E-state index in [1.165, 1.54) is 12.1 Å². The van der Waals surface area contributed by atoms with Crippen LogP contribution in [0.15, 0.2) is 71.9 Å². The van der Waals surface area contributed by atoms with E-state index in [-0.39, 0.29) is 12.4 Å². The number of thioether (sulfide) groups is 1. The predicted octanol–water partition coefficient (Wildman–Crippen LogP) is 4.92. The van der Waals surface area contributed by atoms with Crippen LogP contribution in [0.1, 0.15) is 11.1 Å². The number of rotatable bonds is 11. The topological polar surface area (TPSA) is 74.1 Å². The van der Waals surface area contributed by atoms with Crippen LogP contribution in [0.2, 0.25) is 5.02 Å². The minimum absolute atomic E-state index is 0.282. The first-order valence-corrected chi connectivity index (χ1v) is 11.9. The van der Waals surface area contributed by atoms with Crippen LogP contribution < -0.4 is 14.8 Å². The standard InChI is InChI=1S/C24H23ClFN5O2S/c1-32-22-13-18(21(25)14-23(22)33-16-17-7-9-19(26)10-8-17)15-27-11-12-34-24-28-29-30-31(24)20-5-3-2-4-6-20/h2-10,13-14,27H,11-12,15-16H2,1H3. The number of para-hydroxylation sites is 1. The normalized spacial score (nSPS) is 10.9. The molecule has 0 fully saturated rings. The Morgan fingerprint density at radius 3 is 2.62 bits per heavy atom. The maximum Gasteiger partial charge on any atom is 0.214 e. The van der Waals surface area contributed by atoms with Crippen molar-refractivity contribution < 1.29 is 13.9 Å². The number of methoxy groups -OCH3 is 1. The van der Waals surface area contributed by atoms with Crippen molar-refractivity contribution in [2.75, 3.05) is 19.4 Å². The van der Waals surface area contributed by atoms with Crippen molar-refractivity contribution in [1.82, 2.24) is 25.5 Å². The first kappa shape index (κ1) is 24.0. The van der Waals surface area contributed by atoms with Crippen LogP contribution in [0, 0.1) is 5.82 Å². The lowest BCUT2D eigenvalue weighted by Crippen LogP contribution is -2.17. The van der Waals surface area contributed by atoms with Crippen molar-refractivity contribution in [3.8, 4) is 17.2 Å². The van der Waals surface area contributed by atoms with E-state index in [0.29, 0.717) is 23.1 Å². The van der Waals surface area contributed by atoms with E-state index in [0.717, 1.165) is 34.3 Å². The molecule has 1 heterocycles. The number of ether oxygens (including phenoxy) is 2. The molecule has 0 aliphatic carbocycles. The summed E-state index contributed by atoms with van der Waals surface area (Å²) in [5.41, 5.74) is 2.66. The smallest absolute Gasteiger partial charge is 0.214 e. The number of halogens is 2. The third-order valence-corrected chi connectivity index (χ3v) is 6.18. The van der Waals surface area contributed by atoms with Crippen molar-refractivity contribution >= 4 is 23.4 Å². The molecule has 10 heteroatoms. The quantitative estimate of drug-likeness (QED) is 0.232. The molecule has 0 unspecified atom stereocenters. The number of hydrogen-bond donors (Lipinski definition) is 1. The largest absolute Gasteiger partial charge is 0.493 e. The fourth-order valence-corrected chi connectivity index (χ4v) is 4.17. The van der Waals surface area contributed by atoms with Crippen LogP contribution in [0.3, 0.4) is 0 Å². The number of benzene rings is 3. The van der Waals surface area contributed by atoms with Gasteiger partial charge in [-0.15, -0.1) is 5.10 Å². The highest BCUT2D eigenvalue weighted by atomic mass is 35.5. The lowest BCUT2D eigenvalue weighted by atomic mass is 10.2. The van der Waals surface area contributed by atoms with Gasteiger partial charge in [-0.25, -0.2) is 4.39 Å². The molecule has 0 saturated carbocycles. The number of aromatic nitrogens is 4. The highest BCUT2D eigenvalue weighted by Gasteiger charge is 2.12. The van der Waals surface area contributed by atoms with Crippen molar-refractivity contribution in [1.29, 1.82) is 0 Å². The van der Waals surface area contributed by atoms with Gasteiger partial charge in [-0.3, -0.25) is 0 Å². The van der Waals surface area contributed by atoms with E-state index in [2.05, 4.69) is 20.8 Å². The van der Waals surface area contributed by atoms with Crippen LogP contribution in [0.5, 0.6) is 11.5 Å². The Hall–Kier alpha value is -3.14. The molecule has 0 radical (unpaired) electrons. The summed E-state index contributed by atoms with van der Waals surface area (Å²) in [6.07, 6.45) is 0. The SMILES string of the molecule is COc1cc(CNCCSc2nnnn2-c2ccccc2)c(Cl)cc1OCc1ccc(F)cc1. The second kappa shape index (κ2) is 11.8. The predicted molar refractivity (Wildman–Crippen MR) is 130 cm³/mol. The Balaban J connectivity index is 1.29.